The summed E-state index contributed by atoms with van der Waals surface area (Å²) in [7, 11) is 0. The van der Waals surface area contributed by atoms with Crippen LogP contribution >= 0.6 is 0 Å². The molecule has 1 aliphatic rings. The number of aromatic nitrogens is 1. The molecule has 1 fully saturated rings. The van der Waals surface area contributed by atoms with Gasteiger partial charge in [0.25, 0.3) is 17.4 Å². The highest BCUT2D eigenvalue weighted by molar-refractivity contribution is 6.17. The zero-order valence-corrected chi connectivity index (χ0v) is 18.3. The summed E-state index contributed by atoms with van der Waals surface area (Å²) in [6.07, 6.45) is 3.05. The number of nitrogens with zero attached hydrogens (tertiary/aromatic N) is 2. The molecule has 3 amide bonds. The largest absolute Gasteiger partial charge is 0.422 e. The van der Waals surface area contributed by atoms with E-state index in [4.69, 9.17) is 4.74 Å². The first kappa shape index (κ1) is 22.2. The second kappa shape index (κ2) is 9.65. The fraction of sp³-hybridized carbons (Fsp3) is 0.231. The number of carbonyl (C=O) groups excluding carboxylic acids is 3. The fourth-order valence-corrected chi connectivity index (χ4v) is 3.97. The molecule has 0 bridgehead atoms. The topological polar surface area (TPSA) is 88.6 Å². The third-order valence-electron chi connectivity index (χ3n) is 5.80. The van der Waals surface area contributed by atoms with Gasteiger partial charge in [0.1, 0.15) is 0 Å². The number of nitrogens with one attached hydrogen (secondary N) is 1. The van der Waals surface area contributed by atoms with Gasteiger partial charge in [0.2, 0.25) is 0 Å². The first-order valence-electron chi connectivity index (χ1n) is 10.8. The molecule has 0 spiro atoms. The van der Waals surface area contributed by atoms with Crippen LogP contribution in [0, 0.1) is 0 Å². The maximum Gasteiger partial charge on any atom is 0.418 e. The van der Waals surface area contributed by atoms with E-state index in [1.807, 2.05) is 60.7 Å². The Kier molecular flexibility index (Phi) is 6.49. The van der Waals surface area contributed by atoms with Crippen LogP contribution in [0.4, 0.5) is 4.79 Å². The van der Waals surface area contributed by atoms with Gasteiger partial charge in [-0.25, -0.2) is 9.69 Å². The Bertz CT molecular complexity index is 1120. The predicted molar refractivity (Wildman–Crippen MR) is 122 cm³/mol. The molecule has 0 unspecified atom stereocenters. The molecule has 2 heterocycles. The minimum Gasteiger partial charge on any atom is -0.422 e. The summed E-state index contributed by atoms with van der Waals surface area (Å²) in [4.78, 5) is 44.9. The van der Waals surface area contributed by atoms with E-state index in [2.05, 4.69) is 10.3 Å². The molecule has 33 heavy (non-hydrogen) atoms. The summed E-state index contributed by atoms with van der Waals surface area (Å²) in [5, 5.41) is 2.80. The van der Waals surface area contributed by atoms with Gasteiger partial charge in [-0.3, -0.25) is 14.6 Å². The molecule has 1 aromatic heterocycles. The van der Waals surface area contributed by atoms with Crippen LogP contribution in [0.5, 0.6) is 0 Å². The number of benzene rings is 2. The summed E-state index contributed by atoms with van der Waals surface area (Å²) in [6, 6.07) is 21.4. The van der Waals surface area contributed by atoms with Crippen LogP contribution in [-0.2, 0) is 27.2 Å². The monoisotopic (exact) mass is 443 g/mol. The molecule has 1 saturated heterocycles. The smallest absolute Gasteiger partial charge is 0.418 e. The third-order valence-corrected chi connectivity index (χ3v) is 5.80. The highest BCUT2D eigenvalue weighted by Gasteiger charge is 2.60. The van der Waals surface area contributed by atoms with Crippen molar-refractivity contribution < 1.29 is 19.1 Å². The van der Waals surface area contributed by atoms with Crippen molar-refractivity contribution in [2.45, 2.75) is 31.4 Å². The lowest BCUT2D eigenvalue weighted by molar-refractivity contribution is -0.150. The van der Waals surface area contributed by atoms with E-state index in [9.17, 15) is 14.4 Å². The lowest BCUT2D eigenvalue weighted by atomic mass is 9.91. The molecule has 2 atom stereocenters. The summed E-state index contributed by atoms with van der Waals surface area (Å²) in [5.74, 6) is -1.28. The Balaban J connectivity index is 1.59. The van der Waals surface area contributed by atoms with Crippen LogP contribution in [0.1, 0.15) is 29.7 Å². The molecule has 7 heteroatoms. The van der Waals surface area contributed by atoms with Crippen LogP contribution in [0.2, 0.25) is 0 Å². The van der Waals surface area contributed by atoms with Crippen molar-refractivity contribution in [2.75, 3.05) is 6.54 Å². The van der Waals surface area contributed by atoms with Crippen LogP contribution in [0.15, 0.2) is 85.2 Å². The molecular formula is C26H25N3O4. The molecule has 1 aliphatic heterocycles. The third kappa shape index (κ3) is 4.62. The van der Waals surface area contributed by atoms with Gasteiger partial charge < -0.3 is 10.1 Å². The zero-order chi connectivity index (χ0) is 23.3. The number of carbonyl (C=O) groups is 3. The van der Waals surface area contributed by atoms with Crippen LogP contribution in [0.3, 0.4) is 0 Å². The Labute approximate surface area is 192 Å². The summed E-state index contributed by atoms with van der Waals surface area (Å²) >= 11 is 0. The molecular weight excluding hydrogens is 418 g/mol. The van der Waals surface area contributed by atoms with Crippen molar-refractivity contribution in [3.63, 3.8) is 0 Å². The minimum atomic E-state index is -1.96. The quantitative estimate of drug-likeness (QED) is 0.539. The number of hydrogen-bond acceptors (Lipinski definition) is 5. The lowest BCUT2D eigenvalue weighted by Gasteiger charge is -2.25. The Morgan fingerprint density at radius 2 is 1.61 bits per heavy atom. The number of rotatable bonds is 8. The number of ether oxygens (including phenoxy) is 1. The number of pyridine rings is 1. The lowest BCUT2D eigenvalue weighted by Crippen LogP contribution is -2.55. The average Bonchev–Trinajstić information content (AvgIpc) is 3.10. The molecule has 2 aromatic carbocycles. The summed E-state index contributed by atoms with van der Waals surface area (Å²) in [5.41, 5.74) is 0.532. The Morgan fingerprint density at radius 1 is 0.970 bits per heavy atom. The van der Waals surface area contributed by atoms with E-state index in [0.717, 1.165) is 21.6 Å². The van der Waals surface area contributed by atoms with Crippen molar-refractivity contribution in [1.82, 2.24) is 15.2 Å². The van der Waals surface area contributed by atoms with Crippen molar-refractivity contribution in [2.24, 2.45) is 0 Å². The first-order chi connectivity index (χ1) is 16.0. The van der Waals surface area contributed by atoms with Crippen molar-refractivity contribution >= 4 is 17.9 Å². The molecule has 4 rings (SSSR count). The van der Waals surface area contributed by atoms with Gasteiger partial charge in [-0.15, -0.1) is 0 Å². The number of cyclic esters (lactones) is 1. The number of imide groups is 1. The van der Waals surface area contributed by atoms with Gasteiger partial charge in [0.05, 0.1) is 6.04 Å². The van der Waals surface area contributed by atoms with Crippen molar-refractivity contribution in [3.8, 4) is 0 Å². The molecule has 0 radical (unpaired) electrons. The fourth-order valence-electron chi connectivity index (χ4n) is 3.97. The van der Waals surface area contributed by atoms with Crippen LogP contribution < -0.4 is 5.32 Å². The second-order valence-electron chi connectivity index (χ2n) is 7.98. The standard InChI is InChI=1S/C26H25N3O4/c1-19(22-10-6-3-7-11-22)29-24(31)26(33-25(29)32,18-21-8-4-2-5-9-21)23(30)28-17-14-20-12-15-27-16-13-20/h2-13,15-16,19H,14,17-18H2,1H3,(H,28,30)/t19-,26-/m1/s1. The zero-order valence-electron chi connectivity index (χ0n) is 18.3. The van der Waals surface area contributed by atoms with Crippen molar-refractivity contribution in [3.05, 3.63) is 102 Å². The number of amides is 3. The van der Waals surface area contributed by atoms with Crippen LogP contribution in [0.25, 0.3) is 0 Å². The van der Waals surface area contributed by atoms with E-state index >= 15 is 0 Å². The van der Waals surface area contributed by atoms with Crippen LogP contribution in [-0.4, -0.2) is 39.9 Å². The maximum absolute atomic E-state index is 13.6. The molecule has 3 aromatic rings. The molecule has 7 nitrogen and oxygen atoms in total. The average molecular weight is 444 g/mol. The van der Waals surface area contributed by atoms with E-state index in [1.54, 1.807) is 31.5 Å². The van der Waals surface area contributed by atoms with E-state index in [-0.39, 0.29) is 6.42 Å². The normalized spacial score (nSPS) is 18.6. The molecule has 1 N–H and O–H groups in total. The SMILES string of the molecule is C[C@H](c1ccccc1)N1C(=O)O[C@](Cc2ccccc2)(C(=O)NCCc2ccncc2)C1=O. The van der Waals surface area contributed by atoms with E-state index in [1.165, 1.54) is 0 Å². The highest BCUT2D eigenvalue weighted by Crippen LogP contribution is 2.35. The van der Waals surface area contributed by atoms with Gasteiger partial charge in [0, 0.05) is 25.4 Å². The summed E-state index contributed by atoms with van der Waals surface area (Å²) in [6.45, 7) is 2.03. The molecule has 0 aliphatic carbocycles. The van der Waals surface area contributed by atoms with E-state index in [0.29, 0.717) is 13.0 Å². The van der Waals surface area contributed by atoms with Gasteiger partial charge in [0.15, 0.2) is 0 Å². The predicted octanol–water partition coefficient (Wildman–Crippen LogP) is 3.46. The Morgan fingerprint density at radius 3 is 2.27 bits per heavy atom. The summed E-state index contributed by atoms with van der Waals surface area (Å²) < 4.78 is 5.60. The van der Waals surface area contributed by atoms with E-state index < -0.39 is 29.6 Å². The first-order valence-corrected chi connectivity index (χ1v) is 10.8. The number of hydrogen-bond donors (Lipinski definition) is 1. The highest BCUT2D eigenvalue weighted by atomic mass is 16.6. The Hall–Kier alpha value is -4.00. The molecule has 168 valence electrons. The molecule has 0 saturated carbocycles. The van der Waals surface area contributed by atoms with Crippen molar-refractivity contribution in [1.29, 1.82) is 0 Å². The van der Waals surface area contributed by atoms with Gasteiger partial charge >= 0.3 is 6.09 Å². The van der Waals surface area contributed by atoms with Gasteiger partial charge in [-0.2, -0.15) is 0 Å². The minimum absolute atomic E-state index is 0.0441. The second-order valence-corrected chi connectivity index (χ2v) is 7.98. The van der Waals surface area contributed by atoms with Gasteiger partial charge in [-0.1, -0.05) is 60.7 Å². The maximum atomic E-state index is 13.6. The van der Waals surface area contributed by atoms with Gasteiger partial charge in [-0.05, 0) is 42.2 Å².